The van der Waals surface area contributed by atoms with Gasteiger partial charge in [-0.05, 0) is 53.8 Å². The zero-order valence-corrected chi connectivity index (χ0v) is 20.6. The molecule has 5 rings (SSSR count). The number of hydrogen-bond acceptors (Lipinski definition) is 6. The van der Waals surface area contributed by atoms with Gasteiger partial charge in [0.1, 0.15) is 0 Å². The van der Waals surface area contributed by atoms with Gasteiger partial charge in [0.05, 0.1) is 30.7 Å². The SMILES string of the molecule is O=C(NCC1CCCCN1C(=O)O)c1ncccc1NC(=O)c1ccc(Cn2nccn2)c2ccccc12. The zero-order valence-electron chi connectivity index (χ0n) is 20.6. The highest BCUT2D eigenvalue weighted by atomic mass is 16.4. The molecule has 0 bridgehead atoms. The highest BCUT2D eigenvalue weighted by Gasteiger charge is 2.27. The lowest BCUT2D eigenvalue weighted by atomic mass is 9.99. The molecule has 0 aliphatic carbocycles. The number of carbonyl (C=O) groups excluding carboxylic acids is 2. The van der Waals surface area contributed by atoms with E-state index in [-0.39, 0.29) is 29.9 Å². The second kappa shape index (κ2) is 11.1. The lowest BCUT2D eigenvalue weighted by molar-refractivity contribution is 0.0879. The molecule has 1 unspecified atom stereocenters. The summed E-state index contributed by atoms with van der Waals surface area (Å²) in [6.07, 6.45) is 6.10. The maximum atomic E-state index is 13.4. The molecule has 11 nitrogen and oxygen atoms in total. The van der Waals surface area contributed by atoms with Crippen LogP contribution in [0.25, 0.3) is 10.8 Å². The number of likely N-dealkylation sites (tertiary alicyclic amines) is 1. The number of nitrogens with zero attached hydrogens (tertiary/aromatic N) is 5. The predicted molar refractivity (Wildman–Crippen MR) is 140 cm³/mol. The third kappa shape index (κ3) is 5.31. The number of piperidine rings is 1. The summed E-state index contributed by atoms with van der Waals surface area (Å²) in [7, 11) is 0. The minimum Gasteiger partial charge on any atom is -0.465 e. The minimum atomic E-state index is -0.992. The Morgan fingerprint density at radius 3 is 2.50 bits per heavy atom. The summed E-state index contributed by atoms with van der Waals surface area (Å²) in [6.45, 7) is 1.08. The Morgan fingerprint density at radius 1 is 0.921 bits per heavy atom. The van der Waals surface area contributed by atoms with E-state index in [1.807, 2.05) is 30.3 Å². The Balaban J connectivity index is 1.34. The van der Waals surface area contributed by atoms with Crippen molar-refractivity contribution in [2.24, 2.45) is 0 Å². The van der Waals surface area contributed by atoms with E-state index in [9.17, 15) is 19.5 Å². The Labute approximate surface area is 218 Å². The predicted octanol–water partition coefficient (Wildman–Crippen LogP) is 3.39. The Kier molecular flexibility index (Phi) is 7.25. The number of pyridine rings is 1. The van der Waals surface area contributed by atoms with Gasteiger partial charge < -0.3 is 20.6 Å². The topological polar surface area (TPSA) is 142 Å². The summed E-state index contributed by atoms with van der Waals surface area (Å²) in [6, 6.07) is 14.2. The molecular formula is C27H27N7O4. The van der Waals surface area contributed by atoms with E-state index >= 15 is 0 Å². The molecule has 11 heteroatoms. The van der Waals surface area contributed by atoms with Crippen LogP contribution in [0.1, 0.15) is 45.7 Å². The molecule has 194 valence electrons. The fraction of sp³-hybridized carbons (Fsp3) is 0.259. The van der Waals surface area contributed by atoms with Crippen LogP contribution in [-0.4, -0.2) is 67.0 Å². The number of anilines is 1. The second-order valence-electron chi connectivity index (χ2n) is 9.07. The first kappa shape index (κ1) is 24.9. The van der Waals surface area contributed by atoms with Crippen molar-refractivity contribution in [3.63, 3.8) is 0 Å². The maximum absolute atomic E-state index is 13.4. The van der Waals surface area contributed by atoms with Crippen molar-refractivity contribution in [1.82, 2.24) is 30.2 Å². The molecule has 0 saturated carbocycles. The summed E-state index contributed by atoms with van der Waals surface area (Å²) >= 11 is 0. The Morgan fingerprint density at radius 2 is 1.71 bits per heavy atom. The van der Waals surface area contributed by atoms with E-state index in [0.717, 1.165) is 29.2 Å². The number of rotatable bonds is 7. The molecule has 3 amide bonds. The fourth-order valence-corrected chi connectivity index (χ4v) is 4.81. The lowest BCUT2D eigenvalue weighted by Gasteiger charge is -2.33. The molecular weight excluding hydrogens is 486 g/mol. The van der Waals surface area contributed by atoms with Gasteiger partial charge in [-0.2, -0.15) is 15.0 Å². The van der Waals surface area contributed by atoms with Crippen molar-refractivity contribution in [1.29, 1.82) is 0 Å². The summed E-state index contributed by atoms with van der Waals surface area (Å²) < 4.78 is 0. The van der Waals surface area contributed by atoms with E-state index < -0.39 is 12.0 Å². The van der Waals surface area contributed by atoms with Crippen LogP contribution in [0.3, 0.4) is 0 Å². The first-order valence-corrected chi connectivity index (χ1v) is 12.4. The van der Waals surface area contributed by atoms with E-state index in [1.54, 1.807) is 35.4 Å². The molecule has 2 aromatic carbocycles. The summed E-state index contributed by atoms with van der Waals surface area (Å²) in [5.41, 5.74) is 1.74. The summed E-state index contributed by atoms with van der Waals surface area (Å²) in [4.78, 5) is 45.0. The summed E-state index contributed by atoms with van der Waals surface area (Å²) in [5.74, 6) is -0.861. The molecule has 1 atom stereocenters. The van der Waals surface area contributed by atoms with E-state index in [0.29, 0.717) is 25.1 Å². The highest BCUT2D eigenvalue weighted by molar-refractivity contribution is 6.15. The van der Waals surface area contributed by atoms with E-state index in [2.05, 4.69) is 25.8 Å². The molecule has 4 aromatic rings. The van der Waals surface area contributed by atoms with Gasteiger partial charge in [-0.25, -0.2) is 9.78 Å². The number of amides is 3. The van der Waals surface area contributed by atoms with E-state index in [1.165, 1.54) is 11.1 Å². The second-order valence-corrected chi connectivity index (χ2v) is 9.07. The van der Waals surface area contributed by atoms with Gasteiger partial charge in [-0.1, -0.05) is 30.3 Å². The molecule has 0 radical (unpaired) electrons. The normalized spacial score (nSPS) is 15.3. The van der Waals surface area contributed by atoms with Gasteiger partial charge in [-0.3, -0.25) is 9.59 Å². The average Bonchev–Trinajstić information content (AvgIpc) is 3.45. The molecule has 1 aliphatic rings. The third-order valence-corrected chi connectivity index (χ3v) is 6.68. The van der Waals surface area contributed by atoms with Crippen LogP contribution in [0.2, 0.25) is 0 Å². The van der Waals surface area contributed by atoms with Gasteiger partial charge in [-0.15, -0.1) is 0 Å². The van der Waals surface area contributed by atoms with Gasteiger partial charge >= 0.3 is 6.09 Å². The monoisotopic (exact) mass is 513 g/mol. The summed E-state index contributed by atoms with van der Waals surface area (Å²) in [5, 5.41) is 25.1. The molecule has 38 heavy (non-hydrogen) atoms. The fourth-order valence-electron chi connectivity index (χ4n) is 4.81. The minimum absolute atomic E-state index is 0.0595. The molecule has 1 fully saturated rings. The van der Waals surface area contributed by atoms with Crippen LogP contribution in [-0.2, 0) is 6.54 Å². The van der Waals surface area contributed by atoms with Crippen molar-refractivity contribution < 1.29 is 19.5 Å². The average molecular weight is 514 g/mol. The van der Waals surface area contributed by atoms with Gasteiger partial charge in [0.2, 0.25) is 0 Å². The van der Waals surface area contributed by atoms with Crippen molar-refractivity contribution >= 4 is 34.4 Å². The smallest absolute Gasteiger partial charge is 0.407 e. The van der Waals surface area contributed by atoms with Crippen LogP contribution >= 0.6 is 0 Å². The van der Waals surface area contributed by atoms with Gasteiger partial charge in [0.15, 0.2) is 5.69 Å². The third-order valence-electron chi connectivity index (χ3n) is 6.68. The van der Waals surface area contributed by atoms with Crippen LogP contribution < -0.4 is 10.6 Å². The first-order chi connectivity index (χ1) is 18.5. The van der Waals surface area contributed by atoms with Crippen molar-refractivity contribution in [2.45, 2.75) is 31.8 Å². The quantitative estimate of drug-likeness (QED) is 0.344. The number of carbonyl (C=O) groups is 3. The van der Waals surface area contributed by atoms with Gasteiger partial charge in [0.25, 0.3) is 11.8 Å². The largest absolute Gasteiger partial charge is 0.465 e. The highest BCUT2D eigenvalue weighted by Crippen LogP contribution is 2.25. The van der Waals surface area contributed by atoms with Crippen molar-refractivity contribution in [2.75, 3.05) is 18.4 Å². The van der Waals surface area contributed by atoms with Crippen molar-refractivity contribution in [3.8, 4) is 0 Å². The first-order valence-electron chi connectivity index (χ1n) is 12.4. The zero-order chi connectivity index (χ0) is 26.5. The maximum Gasteiger partial charge on any atom is 0.407 e. The van der Waals surface area contributed by atoms with Crippen LogP contribution in [0.15, 0.2) is 67.1 Å². The number of nitrogens with one attached hydrogen (secondary N) is 2. The van der Waals surface area contributed by atoms with Crippen molar-refractivity contribution in [3.05, 3.63) is 83.9 Å². The number of hydrogen-bond donors (Lipinski definition) is 3. The van der Waals surface area contributed by atoms with Crippen LogP contribution in [0, 0.1) is 0 Å². The molecule has 0 spiro atoms. The Bertz CT molecular complexity index is 1470. The molecule has 2 aromatic heterocycles. The molecule has 1 aliphatic heterocycles. The van der Waals surface area contributed by atoms with Crippen LogP contribution in [0.5, 0.6) is 0 Å². The number of fused-ring (bicyclic) bond motifs is 1. The van der Waals surface area contributed by atoms with E-state index in [4.69, 9.17) is 0 Å². The lowest BCUT2D eigenvalue weighted by Crippen LogP contribution is -2.49. The van der Waals surface area contributed by atoms with Crippen LogP contribution in [0.4, 0.5) is 10.5 Å². The number of aromatic nitrogens is 4. The number of benzene rings is 2. The Hall–Kier alpha value is -4.80. The molecule has 3 N–H and O–H groups in total. The molecule has 3 heterocycles. The standard InChI is InChI=1S/C27H27N7O4/c35-25(22-11-10-18(17-34-30-13-14-31-34)20-7-1-2-8-21(20)22)32-23-9-5-12-28-24(23)26(36)29-16-19-6-3-4-15-33(19)27(37)38/h1-2,5,7-14,19H,3-4,6,15-17H2,(H,29,36)(H,32,35)(H,37,38). The van der Waals surface area contributed by atoms with Gasteiger partial charge in [0, 0.05) is 24.8 Å². The molecule has 1 saturated heterocycles. The number of carboxylic acid groups (broad SMARTS) is 1.